The monoisotopic (exact) mass is 294 g/mol. The Labute approximate surface area is 127 Å². The molecule has 104 valence electrons. The summed E-state index contributed by atoms with van der Waals surface area (Å²) in [7, 11) is 0. The Balaban J connectivity index is 1.57. The first-order valence-corrected chi connectivity index (χ1v) is 7.74. The van der Waals surface area contributed by atoms with Crippen molar-refractivity contribution >= 4 is 11.8 Å². The van der Waals surface area contributed by atoms with E-state index in [1.807, 2.05) is 28.9 Å². The lowest BCUT2D eigenvalue weighted by Crippen LogP contribution is -2.15. The van der Waals surface area contributed by atoms with Crippen LogP contribution < -0.4 is 5.43 Å². The number of hydrogen-bond acceptors (Lipinski definition) is 4. The number of rotatable bonds is 3. The molecule has 0 saturated carbocycles. The fraction of sp³-hybridized carbons (Fsp3) is 0.125. The number of benzene rings is 2. The number of hydrogen-bond donors (Lipinski definition) is 1. The van der Waals surface area contributed by atoms with Crippen molar-refractivity contribution in [2.24, 2.45) is 0 Å². The quantitative estimate of drug-likeness (QED) is 0.805. The lowest BCUT2D eigenvalue weighted by atomic mass is 10.1. The van der Waals surface area contributed by atoms with Crippen molar-refractivity contribution in [2.45, 2.75) is 17.0 Å². The Morgan fingerprint density at radius 1 is 0.952 bits per heavy atom. The zero-order valence-electron chi connectivity index (χ0n) is 11.3. The van der Waals surface area contributed by atoms with Gasteiger partial charge in [0.25, 0.3) is 0 Å². The highest BCUT2D eigenvalue weighted by Crippen LogP contribution is 2.38. The Kier molecular flexibility index (Phi) is 3.12. The Hall–Kier alpha value is -2.27. The fourth-order valence-electron chi connectivity index (χ4n) is 2.42. The maximum atomic E-state index is 4.29. The molecule has 2 heterocycles. The van der Waals surface area contributed by atoms with Gasteiger partial charge in [-0.05, 0) is 11.1 Å². The topological polar surface area (TPSA) is 42.7 Å². The van der Waals surface area contributed by atoms with Crippen molar-refractivity contribution in [1.82, 2.24) is 14.9 Å². The van der Waals surface area contributed by atoms with Gasteiger partial charge in [-0.2, -0.15) is 0 Å². The largest absolute Gasteiger partial charge is 0.304 e. The van der Waals surface area contributed by atoms with Gasteiger partial charge in [0.05, 0.1) is 0 Å². The molecule has 21 heavy (non-hydrogen) atoms. The van der Waals surface area contributed by atoms with Crippen LogP contribution in [-0.2, 0) is 6.42 Å². The molecule has 0 spiro atoms. The van der Waals surface area contributed by atoms with E-state index < -0.39 is 0 Å². The van der Waals surface area contributed by atoms with Crippen LogP contribution in [0.2, 0.25) is 0 Å². The minimum Gasteiger partial charge on any atom is -0.304 e. The number of aromatic nitrogens is 3. The van der Waals surface area contributed by atoms with Gasteiger partial charge in [0.1, 0.15) is 5.37 Å². The van der Waals surface area contributed by atoms with Gasteiger partial charge in [-0.3, -0.25) is 0 Å². The van der Waals surface area contributed by atoms with Crippen LogP contribution in [-0.4, -0.2) is 14.9 Å². The Morgan fingerprint density at radius 3 is 2.43 bits per heavy atom. The summed E-state index contributed by atoms with van der Waals surface area (Å²) >= 11 is 1.70. The molecule has 4 nitrogen and oxygen atoms in total. The highest BCUT2D eigenvalue weighted by atomic mass is 32.2. The summed E-state index contributed by atoms with van der Waals surface area (Å²) in [5.41, 5.74) is 5.96. The van der Waals surface area contributed by atoms with Gasteiger partial charge in [0.15, 0.2) is 5.82 Å². The molecule has 2 aromatic carbocycles. The van der Waals surface area contributed by atoms with Crippen LogP contribution in [0.4, 0.5) is 0 Å². The van der Waals surface area contributed by atoms with E-state index in [0.717, 1.165) is 17.4 Å². The first-order chi connectivity index (χ1) is 10.4. The molecule has 1 aliphatic rings. The summed E-state index contributed by atoms with van der Waals surface area (Å²) in [6.45, 7) is 0. The second-order valence-electron chi connectivity index (χ2n) is 4.93. The SMILES string of the molecule is c1ccc(Cc2nnc3n2NC(c2ccccc2)S3)cc1. The molecule has 0 radical (unpaired) electrons. The summed E-state index contributed by atoms with van der Waals surface area (Å²) in [4.78, 5) is 0. The molecule has 0 amide bonds. The summed E-state index contributed by atoms with van der Waals surface area (Å²) in [5.74, 6) is 0.946. The first kappa shape index (κ1) is 12.5. The summed E-state index contributed by atoms with van der Waals surface area (Å²) in [6, 6.07) is 20.7. The zero-order chi connectivity index (χ0) is 14.1. The van der Waals surface area contributed by atoms with Gasteiger partial charge >= 0.3 is 0 Å². The van der Waals surface area contributed by atoms with Gasteiger partial charge in [-0.1, -0.05) is 72.4 Å². The van der Waals surface area contributed by atoms with Crippen LogP contribution in [0.1, 0.15) is 22.3 Å². The van der Waals surface area contributed by atoms with Crippen molar-refractivity contribution in [3.8, 4) is 0 Å². The van der Waals surface area contributed by atoms with E-state index in [9.17, 15) is 0 Å². The second-order valence-corrected chi connectivity index (χ2v) is 6.01. The smallest absolute Gasteiger partial charge is 0.212 e. The van der Waals surface area contributed by atoms with E-state index in [1.54, 1.807) is 11.8 Å². The second kappa shape index (κ2) is 5.26. The first-order valence-electron chi connectivity index (χ1n) is 6.86. The summed E-state index contributed by atoms with van der Waals surface area (Å²) < 4.78 is 2.01. The summed E-state index contributed by atoms with van der Waals surface area (Å²) in [5, 5.41) is 9.70. The van der Waals surface area contributed by atoms with Crippen molar-refractivity contribution < 1.29 is 0 Å². The molecule has 4 rings (SSSR count). The number of nitrogens with one attached hydrogen (secondary N) is 1. The van der Waals surface area contributed by atoms with Gasteiger partial charge in [-0.25, -0.2) is 4.68 Å². The normalized spacial score (nSPS) is 16.5. The predicted molar refractivity (Wildman–Crippen MR) is 83.7 cm³/mol. The van der Waals surface area contributed by atoms with Gasteiger partial charge < -0.3 is 5.43 Å². The molecule has 1 unspecified atom stereocenters. The number of fused-ring (bicyclic) bond motifs is 1. The van der Waals surface area contributed by atoms with Crippen molar-refractivity contribution in [2.75, 3.05) is 5.43 Å². The average molecular weight is 294 g/mol. The van der Waals surface area contributed by atoms with E-state index in [-0.39, 0.29) is 5.37 Å². The number of thioether (sulfide) groups is 1. The lowest BCUT2D eigenvalue weighted by molar-refractivity contribution is 0.747. The van der Waals surface area contributed by atoms with E-state index in [0.29, 0.717) is 0 Å². The third-order valence-corrected chi connectivity index (χ3v) is 4.57. The standard InChI is InChI=1S/C16H14N4S/c1-3-7-12(8-4-1)11-14-17-18-16-20(14)19-15(21-16)13-9-5-2-6-10-13/h1-10,15,19H,11H2. The Bertz CT molecular complexity index is 739. The van der Waals surface area contributed by atoms with Crippen LogP contribution in [0.3, 0.4) is 0 Å². The van der Waals surface area contributed by atoms with Gasteiger partial charge in [0, 0.05) is 6.42 Å². The predicted octanol–water partition coefficient (Wildman–Crippen LogP) is 3.22. The minimum absolute atomic E-state index is 0.200. The van der Waals surface area contributed by atoms with E-state index in [2.05, 4.69) is 52.0 Å². The lowest BCUT2D eigenvalue weighted by Gasteiger charge is -2.11. The van der Waals surface area contributed by atoms with Crippen LogP contribution in [0.5, 0.6) is 0 Å². The summed E-state index contributed by atoms with van der Waals surface area (Å²) in [6.07, 6.45) is 0.781. The van der Waals surface area contributed by atoms with Crippen LogP contribution in [0.25, 0.3) is 0 Å². The molecule has 0 aliphatic carbocycles. The zero-order valence-corrected chi connectivity index (χ0v) is 12.1. The minimum atomic E-state index is 0.200. The maximum Gasteiger partial charge on any atom is 0.212 e. The molecule has 5 heteroatoms. The molecule has 1 aliphatic heterocycles. The van der Waals surface area contributed by atoms with Crippen molar-refractivity contribution in [3.05, 3.63) is 77.6 Å². The Morgan fingerprint density at radius 2 is 1.67 bits per heavy atom. The molecule has 1 aromatic heterocycles. The van der Waals surface area contributed by atoms with E-state index >= 15 is 0 Å². The third kappa shape index (κ3) is 2.40. The van der Waals surface area contributed by atoms with Crippen molar-refractivity contribution in [1.29, 1.82) is 0 Å². The molecule has 0 bridgehead atoms. The van der Waals surface area contributed by atoms with E-state index in [1.165, 1.54) is 11.1 Å². The number of nitrogens with zero attached hydrogens (tertiary/aromatic N) is 3. The molecule has 0 saturated heterocycles. The highest BCUT2D eigenvalue weighted by Gasteiger charge is 2.27. The highest BCUT2D eigenvalue weighted by molar-refractivity contribution is 7.99. The maximum absolute atomic E-state index is 4.29. The van der Waals surface area contributed by atoms with Crippen molar-refractivity contribution in [3.63, 3.8) is 0 Å². The molecule has 1 N–H and O–H groups in total. The average Bonchev–Trinajstić information content (AvgIpc) is 3.11. The van der Waals surface area contributed by atoms with Gasteiger partial charge in [-0.15, -0.1) is 10.2 Å². The fourth-order valence-corrected chi connectivity index (χ4v) is 3.43. The third-order valence-electron chi connectivity index (χ3n) is 3.48. The molecular weight excluding hydrogens is 280 g/mol. The van der Waals surface area contributed by atoms with Gasteiger partial charge in [0.2, 0.25) is 5.16 Å². The van der Waals surface area contributed by atoms with E-state index in [4.69, 9.17) is 0 Å². The molecule has 1 atom stereocenters. The molecular formula is C16H14N4S. The van der Waals surface area contributed by atoms with Crippen LogP contribution >= 0.6 is 11.8 Å². The van der Waals surface area contributed by atoms with Crippen LogP contribution in [0.15, 0.2) is 65.8 Å². The molecule has 3 aromatic rings. The van der Waals surface area contributed by atoms with Crippen LogP contribution in [0, 0.1) is 0 Å². The molecule has 0 fully saturated rings.